The summed E-state index contributed by atoms with van der Waals surface area (Å²) in [5, 5.41) is 8.92. The molecule has 2 aliphatic rings. The molecule has 3 atom stereocenters. The summed E-state index contributed by atoms with van der Waals surface area (Å²) < 4.78 is 0. The van der Waals surface area contributed by atoms with Crippen molar-refractivity contribution in [1.82, 2.24) is 0 Å². The summed E-state index contributed by atoms with van der Waals surface area (Å²) in [6.07, 6.45) is 4.73. The number of rotatable bonds is 0. The van der Waals surface area contributed by atoms with Gasteiger partial charge in [0.2, 0.25) is 0 Å². The number of nitrogens with two attached hydrogens (primary N) is 1. The van der Waals surface area contributed by atoms with Crippen LogP contribution in [0.5, 0.6) is 0 Å². The summed E-state index contributed by atoms with van der Waals surface area (Å²) in [6.45, 7) is 0. The van der Waals surface area contributed by atoms with Crippen LogP contribution in [0.2, 0.25) is 0 Å². The Bertz CT molecular complexity index is 458. The fraction of sp³-hybridized carbons (Fsp3) is 0.500. The van der Waals surface area contributed by atoms with Crippen molar-refractivity contribution in [2.45, 2.75) is 31.7 Å². The molecular weight excluding hydrogens is 196 g/mol. The molecule has 2 aliphatic carbocycles. The third kappa shape index (κ3) is 1.44. The molecule has 0 saturated heterocycles. The first-order valence-electron chi connectivity index (χ1n) is 6.05. The summed E-state index contributed by atoms with van der Waals surface area (Å²) in [7, 11) is 0. The van der Waals surface area contributed by atoms with Crippen molar-refractivity contribution < 1.29 is 0 Å². The van der Waals surface area contributed by atoms with Crippen molar-refractivity contribution in [3.8, 4) is 6.07 Å². The van der Waals surface area contributed by atoms with Gasteiger partial charge in [-0.3, -0.25) is 0 Å². The summed E-state index contributed by atoms with van der Waals surface area (Å²) in [6, 6.07) is 8.71. The lowest BCUT2D eigenvalue weighted by Gasteiger charge is -2.15. The Balaban J connectivity index is 2.02. The van der Waals surface area contributed by atoms with Gasteiger partial charge in [-0.05, 0) is 60.8 Å². The molecular formula is C14H16N2. The maximum Gasteiger partial charge on any atom is 0.0991 e. The van der Waals surface area contributed by atoms with Crippen LogP contribution in [0.3, 0.4) is 0 Å². The minimum atomic E-state index is 0.373. The van der Waals surface area contributed by atoms with E-state index in [4.69, 9.17) is 11.0 Å². The Labute approximate surface area is 96.1 Å². The second-order valence-electron chi connectivity index (χ2n) is 5.18. The van der Waals surface area contributed by atoms with E-state index in [9.17, 15) is 0 Å². The predicted molar refractivity (Wildman–Crippen MR) is 62.8 cm³/mol. The first-order valence-corrected chi connectivity index (χ1v) is 6.05. The summed E-state index contributed by atoms with van der Waals surface area (Å²) in [5.41, 5.74) is 9.83. The normalized spacial score (nSPS) is 31.6. The number of nitrogens with zero attached hydrogens (tertiary/aromatic N) is 1. The van der Waals surface area contributed by atoms with Crippen molar-refractivity contribution >= 4 is 0 Å². The highest BCUT2D eigenvalue weighted by molar-refractivity contribution is 5.40. The standard InChI is InChI=1S/C14H16N2/c15-8-9-1-2-10-6-11-3-4-12(14(11)16)7-13(10)5-9/h1-2,5,11-12,14H,3-4,6-7,16H2. The van der Waals surface area contributed by atoms with Gasteiger partial charge < -0.3 is 5.73 Å². The number of hydrogen-bond acceptors (Lipinski definition) is 2. The molecule has 0 spiro atoms. The Kier molecular flexibility index (Phi) is 2.22. The van der Waals surface area contributed by atoms with Gasteiger partial charge in [-0.2, -0.15) is 5.26 Å². The number of nitriles is 1. The van der Waals surface area contributed by atoms with Gasteiger partial charge in [0.1, 0.15) is 0 Å². The van der Waals surface area contributed by atoms with Crippen LogP contribution in [0.1, 0.15) is 29.5 Å². The van der Waals surface area contributed by atoms with Crippen LogP contribution >= 0.6 is 0 Å². The molecule has 3 unspecified atom stereocenters. The van der Waals surface area contributed by atoms with Crippen LogP contribution in [-0.4, -0.2) is 6.04 Å². The smallest absolute Gasteiger partial charge is 0.0991 e. The van der Waals surface area contributed by atoms with E-state index in [1.807, 2.05) is 6.07 Å². The molecule has 1 aromatic rings. The molecule has 0 heterocycles. The fourth-order valence-corrected chi connectivity index (χ4v) is 3.32. The minimum absolute atomic E-state index is 0.373. The van der Waals surface area contributed by atoms with Crippen molar-refractivity contribution in [2.75, 3.05) is 0 Å². The Hall–Kier alpha value is -1.33. The topological polar surface area (TPSA) is 49.8 Å². The third-order valence-electron chi connectivity index (χ3n) is 4.30. The molecule has 2 heteroatoms. The highest BCUT2D eigenvalue weighted by Gasteiger charge is 2.36. The van der Waals surface area contributed by atoms with Gasteiger partial charge >= 0.3 is 0 Å². The van der Waals surface area contributed by atoms with Crippen molar-refractivity contribution in [1.29, 1.82) is 5.26 Å². The van der Waals surface area contributed by atoms with E-state index in [1.54, 1.807) is 0 Å². The summed E-state index contributed by atoms with van der Waals surface area (Å²) in [5.74, 6) is 1.30. The lowest BCUT2D eigenvalue weighted by atomic mass is 9.92. The van der Waals surface area contributed by atoms with Crippen LogP contribution in [0, 0.1) is 23.2 Å². The number of fused-ring (bicyclic) bond motifs is 3. The van der Waals surface area contributed by atoms with Gasteiger partial charge in [-0.15, -0.1) is 0 Å². The van der Waals surface area contributed by atoms with Crippen LogP contribution in [-0.2, 0) is 12.8 Å². The highest BCUT2D eigenvalue weighted by atomic mass is 14.7. The van der Waals surface area contributed by atoms with Gasteiger partial charge in [0.05, 0.1) is 11.6 Å². The Morgan fingerprint density at radius 1 is 1.12 bits per heavy atom. The van der Waals surface area contributed by atoms with Gasteiger partial charge in [0.25, 0.3) is 0 Å². The van der Waals surface area contributed by atoms with Gasteiger partial charge in [0, 0.05) is 6.04 Å². The first-order chi connectivity index (χ1) is 7.78. The molecule has 0 aliphatic heterocycles. The van der Waals surface area contributed by atoms with Crippen molar-refractivity contribution in [3.05, 3.63) is 34.9 Å². The molecule has 2 nitrogen and oxygen atoms in total. The first kappa shape index (κ1) is 9.86. The van der Waals surface area contributed by atoms with Gasteiger partial charge in [-0.1, -0.05) is 6.07 Å². The average Bonchev–Trinajstić information content (AvgIpc) is 2.55. The van der Waals surface area contributed by atoms with Crippen molar-refractivity contribution in [2.24, 2.45) is 17.6 Å². The molecule has 1 fully saturated rings. The minimum Gasteiger partial charge on any atom is -0.327 e. The lowest BCUT2D eigenvalue weighted by molar-refractivity contribution is 0.421. The van der Waals surface area contributed by atoms with Crippen LogP contribution < -0.4 is 5.73 Å². The van der Waals surface area contributed by atoms with E-state index < -0.39 is 0 Å². The largest absolute Gasteiger partial charge is 0.327 e. The van der Waals surface area contributed by atoms with E-state index in [0.717, 1.165) is 18.4 Å². The SMILES string of the molecule is N#Cc1ccc2c(c1)CC1CCC(C2)C1N. The second kappa shape index (κ2) is 3.61. The maximum absolute atomic E-state index is 8.92. The van der Waals surface area contributed by atoms with E-state index >= 15 is 0 Å². The average molecular weight is 212 g/mol. The van der Waals surface area contributed by atoms with Crippen LogP contribution in [0.4, 0.5) is 0 Å². The van der Waals surface area contributed by atoms with E-state index in [-0.39, 0.29) is 0 Å². The third-order valence-corrected chi connectivity index (χ3v) is 4.30. The summed E-state index contributed by atoms with van der Waals surface area (Å²) >= 11 is 0. The lowest BCUT2D eigenvalue weighted by Crippen LogP contribution is -2.31. The quantitative estimate of drug-likeness (QED) is 0.715. The molecule has 0 radical (unpaired) electrons. The molecule has 16 heavy (non-hydrogen) atoms. The molecule has 1 aromatic carbocycles. The van der Waals surface area contributed by atoms with E-state index in [2.05, 4.69) is 18.2 Å². The van der Waals surface area contributed by atoms with Crippen LogP contribution in [0.25, 0.3) is 0 Å². The monoisotopic (exact) mass is 212 g/mol. The number of hydrogen-bond donors (Lipinski definition) is 1. The predicted octanol–water partition coefficient (Wildman–Crippen LogP) is 2.01. The van der Waals surface area contributed by atoms with Crippen LogP contribution in [0.15, 0.2) is 18.2 Å². The van der Waals surface area contributed by atoms with E-state index in [1.165, 1.54) is 24.0 Å². The van der Waals surface area contributed by atoms with E-state index in [0.29, 0.717) is 17.9 Å². The molecule has 0 amide bonds. The Morgan fingerprint density at radius 2 is 1.81 bits per heavy atom. The molecule has 1 saturated carbocycles. The molecule has 3 rings (SSSR count). The zero-order valence-electron chi connectivity index (χ0n) is 9.32. The second-order valence-corrected chi connectivity index (χ2v) is 5.18. The molecule has 2 N–H and O–H groups in total. The van der Waals surface area contributed by atoms with Gasteiger partial charge in [0.15, 0.2) is 0 Å². The fourth-order valence-electron chi connectivity index (χ4n) is 3.32. The molecule has 0 aromatic heterocycles. The summed E-state index contributed by atoms with van der Waals surface area (Å²) in [4.78, 5) is 0. The molecule has 82 valence electrons. The maximum atomic E-state index is 8.92. The molecule has 2 bridgehead atoms. The highest BCUT2D eigenvalue weighted by Crippen LogP contribution is 2.39. The number of benzene rings is 1. The van der Waals surface area contributed by atoms with Crippen molar-refractivity contribution in [3.63, 3.8) is 0 Å². The Morgan fingerprint density at radius 3 is 2.50 bits per heavy atom. The van der Waals surface area contributed by atoms with Gasteiger partial charge in [-0.25, -0.2) is 0 Å². The zero-order chi connectivity index (χ0) is 11.1. The zero-order valence-corrected chi connectivity index (χ0v) is 9.32.